The van der Waals surface area contributed by atoms with E-state index in [0.29, 0.717) is 13.0 Å². The molecule has 6 nitrogen and oxygen atoms in total. The third-order valence-corrected chi connectivity index (χ3v) is 2.76. The van der Waals surface area contributed by atoms with Crippen LogP contribution in [-0.2, 0) is 14.3 Å². The Morgan fingerprint density at radius 1 is 1.50 bits per heavy atom. The van der Waals surface area contributed by atoms with Crippen LogP contribution in [0.4, 0.5) is 0 Å². The zero-order valence-corrected chi connectivity index (χ0v) is 9.34. The van der Waals surface area contributed by atoms with Crippen LogP contribution in [0, 0.1) is 5.92 Å². The average Bonchev–Trinajstić information content (AvgIpc) is 2.59. The lowest BCUT2D eigenvalue weighted by molar-refractivity contribution is -0.145. The largest absolute Gasteiger partial charge is 0.480 e. The molecule has 0 aromatic carbocycles. The number of hydrogen-bond donors (Lipinski definition) is 3. The van der Waals surface area contributed by atoms with Gasteiger partial charge >= 0.3 is 5.97 Å². The second-order valence-electron chi connectivity index (χ2n) is 4.04. The highest BCUT2D eigenvalue weighted by Gasteiger charge is 2.34. The van der Waals surface area contributed by atoms with Crippen molar-refractivity contribution in [3.63, 3.8) is 0 Å². The summed E-state index contributed by atoms with van der Waals surface area (Å²) in [5, 5.41) is 20.3. The third kappa shape index (κ3) is 2.93. The summed E-state index contributed by atoms with van der Waals surface area (Å²) in [4.78, 5) is 22.5. The smallest absolute Gasteiger partial charge is 0.328 e. The SMILES string of the molecule is CC(O)C(NC(=O)C1CCOC1C)C(=O)O. The van der Waals surface area contributed by atoms with Gasteiger partial charge in [0.1, 0.15) is 0 Å². The fourth-order valence-corrected chi connectivity index (χ4v) is 1.73. The van der Waals surface area contributed by atoms with Crippen molar-refractivity contribution in [3.8, 4) is 0 Å². The number of carboxylic acid groups (broad SMARTS) is 1. The van der Waals surface area contributed by atoms with Gasteiger partial charge in [-0.1, -0.05) is 0 Å². The fourth-order valence-electron chi connectivity index (χ4n) is 1.73. The molecule has 1 rings (SSSR count). The molecule has 1 heterocycles. The standard InChI is InChI=1S/C10H17NO5/c1-5(12)8(10(14)15)11-9(13)7-3-4-16-6(7)2/h5-8,12H,3-4H2,1-2H3,(H,11,13)(H,14,15). The Hall–Kier alpha value is -1.14. The van der Waals surface area contributed by atoms with Crippen LogP contribution in [0.3, 0.4) is 0 Å². The van der Waals surface area contributed by atoms with Gasteiger partial charge in [0.2, 0.25) is 5.91 Å². The van der Waals surface area contributed by atoms with Crippen LogP contribution >= 0.6 is 0 Å². The van der Waals surface area contributed by atoms with E-state index in [1.165, 1.54) is 6.92 Å². The molecule has 16 heavy (non-hydrogen) atoms. The van der Waals surface area contributed by atoms with Gasteiger partial charge in [0, 0.05) is 6.61 Å². The van der Waals surface area contributed by atoms with E-state index >= 15 is 0 Å². The van der Waals surface area contributed by atoms with E-state index in [1.54, 1.807) is 6.92 Å². The molecule has 92 valence electrons. The number of aliphatic hydroxyl groups is 1. The molecule has 0 aliphatic carbocycles. The topological polar surface area (TPSA) is 95.9 Å². The van der Waals surface area contributed by atoms with Crippen LogP contribution < -0.4 is 5.32 Å². The Kier molecular flexibility index (Phi) is 4.26. The van der Waals surface area contributed by atoms with Crippen LogP contribution in [0.2, 0.25) is 0 Å². The average molecular weight is 231 g/mol. The zero-order chi connectivity index (χ0) is 12.3. The minimum absolute atomic E-state index is 0.205. The summed E-state index contributed by atoms with van der Waals surface area (Å²) in [6, 6.07) is -1.26. The molecule has 0 aromatic rings. The Morgan fingerprint density at radius 2 is 2.12 bits per heavy atom. The molecule has 4 atom stereocenters. The van der Waals surface area contributed by atoms with Crippen LogP contribution in [0.5, 0.6) is 0 Å². The lowest BCUT2D eigenvalue weighted by Gasteiger charge is -2.20. The molecule has 0 saturated carbocycles. The predicted molar refractivity (Wildman–Crippen MR) is 54.8 cm³/mol. The molecule has 3 N–H and O–H groups in total. The minimum atomic E-state index is -1.26. The Morgan fingerprint density at radius 3 is 2.50 bits per heavy atom. The maximum Gasteiger partial charge on any atom is 0.328 e. The highest BCUT2D eigenvalue weighted by Crippen LogP contribution is 2.20. The molecular formula is C10H17NO5. The Labute approximate surface area is 93.6 Å². The maximum absolute atomic E-state index is 11.7. The first kappa shape index (κ1) is 12.9. The summed E-state index contributed by atoms with van der Waals surface area (Å²) in [7, 11) is 0. The van der Waals surface area contributed by atoms with Crippen LogP contribution in [-0.4, -0.2) is 46.9 Å². The summed E-state index contributed by atoms with van der Waals surface area (Å²) in [6.45, 7) is 3.61. The first-order valence-corrected chi connectivity index (χ1v) is 5.26. The van der Waals surface area contributed by atoms with Crippen molar-refractivity contribution in [2.24, 2.45) is 5.92 Å². The van der Waals surface area contributed by atoms with E-state index in [9.17, 15) is 14.7 Å². The molecule has 4 unspecified atom stereocenters. The summed E-state index contributed by atoms with van der Waals surface area (Å²) < 4.78 is 5.22. The molecule has 0 bridgehead atoms. The summed E-state index contributed by atoms with van der Waals surface area (Å²) in [5.74, 6) is -1.95. The van der Waals surface area contributed by atoms with Gasteiger partial charge in [0.15, 0.2) is 6.04 Å². The lowest BCUT2D eigenvalue weighted by atomic mass is 10.0. The number of carboxylic acids is 1. The quantitative estimate of drug-likeness (QED) is 0.598. The molecule has 1 aliphatic heterocycles. The van der Waals surface area contributed by atoms with Crippen molar-refractivity contribution in [2.75, 3.05) is 6.61 Å². The fraction of sp³-hybridized carbons (Fsp3) is 0.800. The number of aliphatic hydroxyl groups excluding tert-OH is 1. The molecular weight excluding hydrogens is 214 g/mol. The van der Waals surface area contributed by atoms with Crippen molar-refractivity contribution in [1.29, 1.82) is 0 Å². The third-order valence-electron chi connectivity index (χ3n) is 2.76. The van der Waals surface area contributed by atoms with E-state index in [-0.39, 0.29) is 17.9 Å². The van der Waals surface area contributed by atoms with Gasteiger partial charge in [-0.15, -0.1) is 0 Å². The van der Waals surface area contributed by atoms with Crippen LogP contribution in [0.25, 0.3) is 0 Å². The maximum atomic E-state index is 11.7. The molecule has 1 aliphatic rings. The van der Waals surface area contributed by atoms with Gasteiger partial charge in [0.05, 0.1) is 18.1 Å². The number of carbonyl (C=O) groups excluding carboxylic acids is 1. The second-order valence-corrected chi connectivity index (χ2v) is 4.04. The number of ether oxygens (including phenoxy) is 1. The van der Waals surface area contributed by atoms with Crippen LogP contribution in [0.15, 0.2) is 0 Å². The number of nitrogens with one attached hydrogen (secondary N) is 1. The monoisotopic (exact) mass is 231 g/mol. The predicted octanol–water partition coefficient (Wildman–Crippen LogP) is -0.638. The van der Waals surface area contributed by atoms with Crippen molar-refractivity contribution in [2.45, 2.75) is 38.5 Å². The van der Waals surface area contributed by atoms with E-state index in [2.05, 4.69) is 5.32 Å². The van der Waals surface area contributed by atoms with E-state index in [4.69, 9.17) is 9.84 Å². The first-order chi connectivity index (χ1) is 7.43. The molecule has 0 radical (unpaired) electrons. The number of aliphatic carboxylic acids is 1. The summed E-state index contributed by atoms with van der Waals surface area (Å²) >= 11 is 0. The highest BCUT2D eigenvalue weighted by atomic mass is 16.5. The Bertz CT molecular complexity index is 278. The number of carbonyl (C=O) groups is 2. The van der Waals surface area contributed by atoms with Crippen molar-refractivity contribution in [1.82, 2.24) is 5.32 Å². The van der Waals surface area contributed by atoms with Gasteiger partial charge < -0.3 is 20.3 Å². The normalized spacial score (nSPS) is 28.4. The van der Waals surface area contributed by atoms with Gasteiger partial charge in [-0.3, -0.25) is 4.79 Å². The van der Waals surface area contributed by atoms with Gasteiger partial charge in [-0.25, -0.2) is 4.79 Å². The van der Waals surface area contributed by atoms with E-state index in [0.717, 1.165) is 0 Å². The number of rotatable bonds is 4. The van der Waals surface area contributed by atoms with E-state index < -0.39 is 18.1 Å². The Balaban J connectivity index is 2.58. The molecule has 6 heteroatoms. The molecule has 0 aromatic heterocycles. The van der Waals surface area contributed by atoms with Gasteiger partial charge in [-0.05, 0) is 20.3 Å². The zero-order valence-electron chi connectivity index (χ0n) is 9.34. The molecule has 0 spiro atoms. The first-order valence-electron chi connectivity index (χ1n) is 5.26. The van der Waals surface area contributed by atoms with Crippen LogP contribution in [0.1, 0.15) is 20.3 Å². The van der Waals surface area contributed by atoms with Gasteiger partial charge in [-0.2, -0.15) is 0 Å². The van der Waals surface area contributed by atoms with Crippen molar-refractivity contribution in [3.05, 3.63) is 0 Å². The molecule has 1 saturated heterocycles. The molecule has 1 amide bonds. The van der Waals surface area contributed by atoms with Gasteiger partial charge in [0.25, 0.3) is 0 Å². The summed E-state index contributed by atoms with van der Waals surface area (Å²) in [6.07, 6.45) is -0.749. The van der Waals surface area contributed by atoms with E-state index in [1.807, 2.05) is 0 Å². The number of hydrogen-bond acceptors (Lipinski definition) is 4. The number of amides is 1. The minimum Gasteiger partial charge on any atom is -0.480 e. The second kappa shape index (κ2) is 5.27. The lowest BCUT2D eigenvalue weighted by Crippen LogP contribution is -2.50. The van der Waals surface area contributed by atoms with Crippen molar-refractivity contribution < 1.29 is 24.5 Å². The van der Waals surface area contributed by atoms with Crippen molar-refractivity contribution >= 4 is 11.9 Å². The summed E-state index contributed by atoms with van der Waals surface area (Å²) in [5.41, 5.74) is 0. The highest BCUT2D eigenvalue weighted by molar-refractivity contribution is 5.85. The molecule has 1 fully saturated rings.